The van der Waals surface area contributed by atoms with Gasteiger partial charge in [-0.25, -0.2) is 10.1 Å². The zero-order chi connectivity index (χ0) is 23.2. The van der Waals surface area contributed by atoms with Crippen molar-refractivity contribution in [3.8, 4) is 11.5 Å². The van der Waals surface area contributed by atoms with Gasteiger partial charge in [-0.05, 0) is 12.1 Å². The zero-order valence-electron chi connectivity index (χ0n) is 17.0. The number of rotatable bonds is 8. The van der Waals surface area contributed by atoms with Crippen LogP contribution in [0.2, 0.25) is 0 Å². The minimum absolute atomic E-state index is 0.0424. The van der Waals surface area contributed by atoms with E-state index in [2.05, 4.69) is 26.0 Å². The van der Waals surface area contributed by atoms with Crippen molar-refractivity contribution in [3.05, 3.63) is 58.1 Å². The average molecular weight is 470 g/mol. The highest BCUT2D eigenvalue weighted by molar-refractivity contribution is 7.99. The highest BCUT2D eigenvalue weighted by Crippen LogP contribution is 2.32. The van der Waals surface area contributed by atoms with Crippen LogP contribution in [0, 0.1) is 10.1 Å². The Morgan fingerprint density at radius 2 is 2.06 bits per heavy atom. The molecule has 0 saturated heterocycles. The van der Waals surface area contributed by atoms with Crippen LogP contribution in [0.5, 0.6) is 11.5 Å². The molecule has 4 rings (SSSR count). The van der Waals surface area contributed by atoms with E-state index in [-0.39, 0.29) is 23.3 Å². The van der Waals surface area contributed by atoms with Gasteiger partial charge in [-0.2, -0.15) is 5.10 Å². The van der Waals surface area contributed by atoms with Gasteiger partial charge in [0.1, 0.15) is 13.2 Å². The Kier molecular flexibility index (Phi) is 6.54. The molecule has 1 amide bonds. The van der Waals surface area contributed by atoms with E-state index in [9.17, 15) is 14.9 Å². The molecule has 0 saturated carbocycles. The lowest BCUT2D eigenvalue weighted by molar-refractivity contribution is -0.384. The number of non-ortho nitro benzene ring substituents is 1. The third-order valence-corrected chi connectivity index (χ3v) is 5.23. The number of hydrogen-bond donors (Lipinski definition) is 3. The molecule has 0 radical (unpaired) electrons. The van der Waals surface area contributed by atoms with Crippen molar-refractivity contribution in [3.63, 3.8) is 0 Å². The van der Waals surface area contributed by atoms with E-state index in [1.165, 1.54) is 18.3 Å². The molecule has 0 aliphatic carbocycles. The number of nitrogens with two attached hydrogens (primary N) is 1. The molecule has 170 valence electrons. The number of aromatic nitrogens is 3. The minimum Gasteiger partial charge on any atom is -0.486 e. The number of nitrogens with zero attached hydrogens (tertiary/aromatic N) is 5. The molecular formula is C19H18N8O5S. The number of nitro benzene ring substituents is 1. The molecule has 33 heavy (non-hydrogen) atoms. The number of hydrazone groups is 1. The van der Waals surface area contributed by atoms with E-state index in [1.807, 2.05) is 0 Å². The molecule has 0 bridgehead atoms. The second-order valence-electron chi connectivity index (χ2n) is 6.59. The lowest BCUT2D eigenvalue weighted by atomic mass is 10.2. The molecule has 2 aromatic carbocycles. The first-order valence-electron chi connectivity index (χ1n) is 9.56. The molecule has 13 nitrogen and oxygen atoms in total. The molecule has 2 heterocycles. The number of thioether (sulfide) groups is 1. The second-order valence-corrected chi connectivity index (χ2v) is 7.54. The number of hydrogen-bond acceptors (Lipinski definition) is 11. The summed E-state index contributed by atoms with van der Waals surface area (Å²) >= 11 is 1.09. The van der Waals surface area contributed by atoms with Gasteiger partial charge in [0.15, 0.2) is 11.5 Å². The van der Waals surface area contributed by atoms with Crippen LogP contribution in [-0.4, -0.2) is 50.9 Å². The quantitative estimate of drug-likeness (QED) is 0.145. The van der Waals surface area contributed by atoms with E-state index in [1.54, 1.807) is 30.3 Å². The maximum absolute atomic E-state index is 12.3. The van der Waals surface area contributed by atoms with E-state index in [0.29, 0.717) is 41.1 Å². The van der Waals surface area contributed by atoms with E-state index < -0.39 is 4.92 Å². The summed E-state index contributed by atoms with van der Waals surface area (Å²) in [5, 5.41) is 25.7. The summed E-state index contributed by atoms with van der Waals surface area (Å²) in [5.41, 5.74) is 3.66. The van der Waals surface area contributed by atoms with Crippen molar-refractivity contribution in [2.45, 2.75) is 5.16 Å². The first-order valence-corrected chi connectivity index (χ1v) is 10.5. The maximum atomic E-state index is 12.3. The lowest BCUT2D eigenvalue weighted by Gasteiger charge is -2.18. The SMILES string of the molecule is Nn1c(N/N=C/c2cccc([N+](=O)[O-])c2)nnc1SCC(=O)Nc1ccc2c(c1)OCCO2. The van der Waals surface area contributed by atoms with Crippen LogP contribution in [0.4, 0.5) is 17.3 Å². The summed E-state index contributed by atoms with van der Waals surface area (Å²) in [5.74, 6) is 7.07. The molecular weight excluding hydrogens is 452 g/mol. The van der Waals surface area contributed by atoms with Gasteiger partial charge in [0.2, 0.25) is 11.1 Å². The molecule has 3 aromatic rings. The zero-order valence-corrected chi connectivity index (χ0v) is 17.8. The second kappa shape index (κ2) is 9.86. The van der Waals surface area contributed by atoms with Gasteiger partial charge < -0.3 is 20.6 Å². The number of ether oxygens (including phenoxy) is 2. The fourth-order valence-electron chi connectivity index (χ4n) is 2.78. The third-order valence-electron chi connectivity index (χ3n) is 4.28. The Balaban J connectivity index is 1.30. The van der Waals surface area contributed by atoms with Crippen LogP contribution < -0.4 is 26.1 Å². The van der Waals surface area contributed by atoms with Crippen LogP contribution in [0.3, 0.4) is 0 Å². The van der Waals surface area contributed by atoms with Crippen LogP contribution in [0.25, 0.3) is 0 Å². The first kappa shape index (κ1) is 21.9. The van der Waals surface area contributed by atoms with Crippen LogP contribution in [0.1, 0.15) is 5.56 Å². The van der Waals surface area contributed by atoms with Crippen molar-refractivity contribution in [1.82, 2.24) is 14.9 Å². The topological polar surface area (TPSA) is 172 Å². The smallest absolute Gasteiger partial charge is 0.270 e. The fraction of sp³-hybridized carbons (Fsp3) is 0.158. The molecule has 0 atom stereocenters. The fourth-order valence-corrected chi connectivity index (χ4v) is 3.44. The van der Waals surface area contributed by atoms with E-state index >= 15 is 0 Å². The molecule has 14 heteroatoms. The predicted octanol–water partition coefficient (Wildman–Crippen LogP) is 1.85. The van der Waals surface area contributed by atoms with Gasteiger partial charge in [0.05, 0.1) is 16.9 Å². The monoisotopic (exact) mass is 470 g/mol. The summed E-state index contributed by atoms with van der Waals surface area (Å²) in [6.07, 6.45) is 1.38. The normalized spacial score (nSPS) is 12.5. The number of nitrogens with one attached hydrogen (secondary N) is 2. The number of carbonyl (C=O) groups excluding carboxylic acids is 1. The van der Waals surface area contributed by atoms with Crippen LogP contribution in [-0.2, 0) is 4.79 Å². The van der Waals surface area contributed by atoms with Crippen molar-refractivity contribution in [2.24, 2.45) is 5.10 Å². The number of carbonyl (C=O) groups is 1. The molecule has 1 aromatic heterocycles. The van der Waals surface area contributed by atoms with Crippen molar-refractivity contribution in [2.75, 3.05) is 35.6 Å². The van der Waals surface area contributed by atoms with Crippen molar-refractivity contribution in [1.29, 1.82) is 0 Å². The Bertz CT molecular complexity index is 1210. The Hall–Kier alpha value is -4.33. The molecule has 0 fully saturated rings. The Morgan fingerprint density at radius 3 is 2.88 bits per heavy atom. The van der Waals surface area contributed by atoms with Crippen LogP contribution in [0.15, 0.2) is 52.7 Å². The van der Waals surface area contributed by atoms with Gasteiger partial charge >= 0.3 is 0 Å². The van der Waals surface area contributed by atoms with Gasteiger partial charge in [0, 0.05) is 29.4 Å². The van der Waals surface area contributed by atoms with Gasteiger partial charge in [-0.15, -0.1) is 10.2 Å². The minimum atomic E-state index is -0.491. The number of fused-ring (bicyclic) bond motifs is 1. The summed E-state index contributed by atoms with van der Waals surface area (Å²) in [6, 6.07) is 11.1. The van der Waals surface area contributed by atoms with Gasteiger partial charge in [0.25, 0.3) is 11.6 Å². The first-order chi connectivity index (χ1) is 16.0. The standard InChI is InChI=1S/C19H18N8O5S/c20-26-18(23-21-10-12-2-1-3-14(8-12)27(29)30)24-25-19(26)33-11-17(28)22-13-4-5-15-16(9-13)32-7-6-31-15/h1-5,8-10H,6-7,11,20H2,(H,22,28)(H,23,24)/b21-10+. The van der Waals surface area contributed by atoms with E-state index in [0.717, 1.165) is 16.4 Å². The molecule has 0 spiro atoms. The van der Waals surface area contributed by atoms with Crippen molar-refractivity contribution < 1.29 is 19.2 Å². The average Bonchev–Trinajstić information content (AvgIpc) is 3.17. The highest BCUT2D eigenvalue weighted by atomic mass is 32.2. The number of benzene rings is 2. The summed E-state index contributed by atoms with van der Waals surface area (Å²) in [4.78, 5) is 22.6. The highest BCUT2D eigenvalue weighted by Gasteiger charge is 2.15. The summed E-state index contributed by atoms with van der Waals surface area (Å²) < 4.78 is 12.1. The largest absolute Gasteiger partial charge is 0.486 e. The third kappa shape index (κ3) is 5.48. The number of nitrogen functional groups attached to an aromatic ring is 1. The molecule has 0 unspecified atom stereocenters. The summed E-state index contributed by atoms with van der Waals surface area (Å²) in [7, 11) is 0. The summed E-state index contributed by atoms with van der Waals surface area (Å²) in [6.45, 7) is 0.949. The lowest BCUT2D eigenvalue weighted by Crippen LogP contribution is -2.18. The Morgan fingerprint density at radius 1 is 1.24 bits per heavy atom. The Labute approximate surface area is 191 Å². The molecule has 1 aliphatic rings. The van der Waals surface area contributed by atoms with Gasteiger partial charge in [-0.3, -0.25) is 14.9 Å². The molecule has 1 aliphatic heterocycles. The maximum Gasteiger partial charge on any atom is 0.270 e. The number of amides is 1. The van der Waals surface area contributed by atoms with Crippen molar-refractivity contribution >= 4 is 41.2 Å². The number of nitro groups is 1. The van der Waals surface area contributed by atoms with Gasteiger partial charge in [-0.1, -0.05) is 23.9 Å². The molecule has 4 N–H and O–H groups in total. The van der Waals surface area contributed by atoms with Crippen LogP contribution >= 0.6 is 11.8 Å². The predicted molar refractivity (Wildman–Crippen MR) is 121 cm³/mol. The van der Waals surface area contributed by atoms with E-state index in [4.69, 9.17) is 15.3 Å². The number of anilines is 2.